The fourth-order valence-electron chi connectivity index (χ4n) is 1.69. The number of hydrogen-bond donors (Lipinski definition) is 1. The van der Waals surface area contributed by atoms with Gasteiger partial charge in [-0.15, -0.1) is 0 Å². The highest BCUT2D eigenvalue weighted by Crippen LogP contribution is 2.34. The Kier molecular flexibility index (Phi) is 5.40. The third kappa shape index (κ3) is 4.20. The van der Waals surface area contributed by atoms with Crippen molar-refractivity contribution < 1.29 is 0 Å². The van der Waals surface area contributed by atoms with Crippen molar-refractivity contribution in [2.24, 2.45) is 0 Å². The molecule has 0 saturated carbocycles. The molecule has 106 valence electrons. The predicted molar refractivity (Wildman–Crippen MR) is 84.3 cm³/mol. The summed E-state index contributed by atoms with van der Waals surface area (Å²) in [5, 5.41) is 4.88. The number of benzene rings is 1. The van der Waals surface area contributed by atoms with Gasteiger partial charge in [0.25, 0.3) is 0 Å². The van der Waals surface area contributed by atoms with E-state index in [0.29, 0.717) is 6.04 Å². The summed E-state index contributed by atoms with van der Waals surface area (Å²) >= 11 is 7.84. The predicted octanol–water partition coefficient (Wildman–Crippen LogP) is 4.09. The van der Waals surface area contributed by atoms with Crippen LogP contribution in [0.4, 0.5) is 0 Å². The minimum Gasteiger partial charge on any atom is -0.310 e. The van der Waals surface area contributed by atoms with Gasteiger partial charge in [0.05, 0.1) is 5.02 Å². The Morgan fingerprint density at radius 1 is 1.30 bits per heavy atom. The van der Waals surface area contributed by atoms with E-state index in [-0.39, 0.29) is 0 Å². The standard InChI is InChI=1S/C15H18ClN3S/c1-10(2)18-9-12-5-4-6-13(16)14(12)20-15-17-8-7-11(3)19-15/h4-8,10,18H,9H2,1-3H3. The Bertz CT molecular complexity index is 587. The molecule has 0 saturated heterocycles. The first-order valence-corrected chi connectivity index (χ1v) is 7.74. The van der Waals surface area contributed by atoms with E-state index < -0.39 is 0 Å². The van der Waals surface area contributed by atoms with Crippen LogP contribution < -0.4 is 5.32 Å². The normalized spacial score (nSPS) is 11.1. The molecular weight excluding hydrogens is 290 g/mol. The van der Waals surface area contributed by atoms with Gasteiger partial charge in [0.2, 0.25) is 0 Å². The average Bonchev–Trinajstić information content (AvgIpc) is 2.39. The lowest BCUT2D eigenvalue weighted by atomic mass is 10.2. The van der Waals surface area contributed by atoms with Crippen LogP contribution in [0.3, 0.4) is 0 Å². The maximum Gasteiger partial charge on any atom is 0.192 e. The summed E-state index contributed by atoms with van der Waals surface area (Å²) in [5.74, 6) is 0. The van der Waals surface area contributed by atoms with Crippen LogP contribution in [0.1, 0.15) is 25.1 Å². The molecule has 0 bridgehead atoms. The van der Waals surface area contributed by atoms with Crippen molar-refractivity contribution in [2.75, 3.05) is 0 Å². The monoisotopic (exact) mass is 307 g/mol. The van der Waals surface area contributed by atoms with Crippen molar-refractivity contribution >= 4 is 23.4 Å². The van der Waals surface area contributed by atoms with Crippen molar-refractivity contribution in [1.29, 1.82) is 0 Å². The maximum absolute atomic E-state index is 6.33. The summed E-state index contributed by atoms with van der Waals surface area (Å²) < 4.78 is 0. The number of nitrogens with zero attached hydrogens (tertiary/aromatic N) is 2. The minimum atomic E-state index is 0.432. The Labute approximate surface area is 129 Å². The Morgan fingerprint density at radius 2 is 2.10 bits per heavy atom. The van der Waals surface area contributed by atoms with Crippen LogP contribution in [-0.4, -0.2) is 16.0 Å². The Hall–Kier alpha value is -1.10. The first-order chi connectivity index (χ1) is 9.56. The molecular formula is C15H18ClN3S. The largest absolute Gasteiger partial charge is 0.310 e. The Balaban J connectivity index is 2.25. The highest BCUT2D eigenvalue weighted by atomic mass is 35.5. The van der Waals surface area contributed by atoms with Gasteiger partial charge in [0, 0.05) is 29.4 Å². The molecule has 1 aromatic heterocycles. The lowest BCUT2D eigenvalue weighted by Crippen LogP contribution is -2.22. The second-order valence-corrected chi connectivity index (χ2v) is 6.23. The van der Waals surface area contributed by atoms with Crippen LogP contribution in [0.25, 0.3) is 0 Å². The molecule has 0 atom stereocenters. The first-order valence-electron chi connectivity index (χ1n) is 6.54. The molecule has 1 heterocycles. The van der Waals surface area contributed by atoms with Crippen LogP contribution >= 0.6 is 23.4 Å². The van der Waals surface area contributed by atoms with E-state index in [1.807, 2.05) is 25.1 Å². The molecule has 0 aliphatic carbocycles. The summed E-state index contributed by atoms with van der Waals surface area (Å²) in [4.78, 5) is 9.73. The van der Waals surface area contributed by atoms with Gasteiger partial charge in [0.15, 0.2) is 5.16 Å². The van der Waals surface area contributed by atoms with Crippen LogP contribution in [-0.2, 0) is 6.54 Å². The highest BCUT2D eigenvalue weighted by molar-refractivity contribution is 7.99. The van der Waals surface area contributed by atoms with Crippen LogP contribution in [0, 0.1) is 6.92 Å². The molecule has 20 heavy (non-hydrogen) atoms. The molecule has 1 aromatic carbocycles. The zero-order valence-electron chi connectivity index (χ0n) is 11.9. The number of nitrogens with one attached hydrogen (secondary N) is 1. The molecule has 0 aliphatic rings. The van der Waals surface area contributed by atoms with Crippen LogP contribution in [0.15, 0.2) is 40.5 Å². The number of hydrogen-bond acceptors (Lipinski definition) is 4. The van der Waals surface area contributed by atoms with Gasteiger partial charge in [-0.05, 0) is 36.4 Å². The fraction of sp³-hybridized carbons (Fsp3) is 0.333. The second kappa shape index (κ2) is 7.07. The summed E-state index contributed by atoms with van der Waals surface area (Å²) in [6.45, 7) is 6.99. The summed E-state index contributed by atoms with van der Waals surface area (Å²) in [5.41, 5.74) is 2.12. The van der Waals surface area contributed by atoms with Crippen molar-refractivity contribution in [3.63, 3.8) is 0 Å². The molecule has 0 radical (unpaired) electrons. The molecule has 5 heteroatoms. The minimum absolute atomic E-state index is 0.432. The van der Waals surface area contributed by atoms with Crippen molar-refractivity contribution in [3.05, 3.63) is 46.7 Å². The van der Waals surface area contributed by atoms with Crippen LogP contribution in [0.5, 0.6) is 0 Å². The van der Waals surface area contributed by atoms with Gasteiger partial charge >= 0.3 is 0 Å². The topological polar surface area (TPSA) is 37.8 Å². The van der Waals surface area contributed by atoms with Gasteiger partial charge in [-0.3, -0.25) is 0 Å². The highest BCUT2D eigenvalue weighted by Gasteiger charge is 2.11. The molecule has 0 aliphatic heterocycles. The van der Waals surface area contributed by atoms with E-state index in [1.54, 1.807) is 6.20 Å². The number of aromatic nitrogens is 2. The van der Waals surface area contributed by atoms with Gasteiger partial charge in [-0.2, -0.15) is 0 Å². The molecule has 1 N–H and O–H groups in total. The van der Waals surface area contributed by atoms with Gasteiger partial charge in [0.1, 0.15) is 0 Å². The van der Waals surface area contributed by atoms with Gasteiger partial charge in [-0.25, -0.2) is 9.97 Å². The zero-order valence-corrected chi connectivity index (χ0v) is 13.4. The maximum atomic E-state index is 6.33. The Morgan fingerprint density at radius 3 is 2.80 bits per heavy atom. The molecule has 0 amide bonds. The summed E-state index contributed by atoms with van der Waals surface area (Å²) in [7, 11) is 0. The smallest absolute Gasteiger partial charge is 0.192 e. The van der Waals surface area contributed by atoms with E-state index in [1.165, 1.54) is 17.3 Å². The van der Waals surface area contributed by atoms with Gasteiger partial charge < -0.3 is 5.32 Å². The van der Waals surface area contributed by atoms with E-state index in [4.69, 9.17) is 11.6 Å². The van der Waals surface area contributed by atoms with E-state index in [2.05, 4.69) is 35.2 Å². The van der Waals surface area contributed by atoms with Crippen molar-refractivity contribution in [2.45, 2.75) is 43.4 Å². The fourth-order valence-corrected chi connectivity index (χ4v) is 2.92. The SMILES string of the molecule is Cc1ccnc(Sc2c(Cl)cccc2CNC(C)C)n1. The molecule has 0 spiro atoms. The van der Waals surface area contributed by atoms with Gasteiger partial charge in [-0.1, -0.05) is 37.6 Å². The zero-order chi connectivity index (χ0) is 14.5. The van der Waals surface area contributed by atoms with E-state index in [0.717, 1.165) is 27.3 Å². The molecule has 3 nitrogen and oxygen atoms in total. The quantitative estimate of drug-likeness (QED) is 0.844. The van der Waals surface area contributed by atoms with Crippen molar-refractivity contribution in [3.8, 4) is 0 Å². The lowest BCUT2D eigenvalue weighted by Gasteiger charge is -2.13. The molecule has 0 unspecified atom stereocenters. The van der Waals surface area contributed by atoms with Crippen LogP contribution in [0.2, 0.25) is 5.02 Å². The first kappa shape index (κ1) is 15.3. The number of halogens is 1. The summed E-state index contributed by atoms with van der Waals surface area (Å²) in [6.07, 6.45) is 1.77. The van der Waals surface area contributed by atoms with Crippen molar-refractivity contribution in [1.82, 2.24) is 15.3 Å². The molecule has 0 fully saturated rings. The molecule has 2 rings (SSSR count). The third-order valence-corrected chi connectivity index (χ3v) is 4.21. The average molecular weight is 308 g/mol. The number of rotatable bonds is 5. The lowest BCUT2D eigenvalue weighted by molar-refractivity contribution is 0.585. The number of aryl methyl sites for hydroxylation is 1. The van der Waals surface area contributed by atoms with E-state index >= 15 is 0 Å². The molecule has 2 aromatic rings. The third-order valence-electron chi connectivity index (χ3n) is 2.72. The summed E-state index contributed by atoms with van der Waals surface area (Å²) in [6, 6.07) is 8.28. The van der Waals surface area contributed by atoms with E-state index in [9.17, 15) is 0 Å². The second-order valence-electron chi connectivity index (χ2n) is 4.85.